The Bertz CT molecular complexity index is 1020. The molecule has 0 saturated carbocycles. The predicted molar refractivity (Wildman–Crippen MR) is 92.9 cm³/mol. The highest BCUT2D eigenvalue weighted by Gasteiger charge is 2.14. The highest BCUT2D eigenvalue weighted by atomic mass is 35.5. The lowest BCUT2D eigenvalue weighted by Gasteiger charge is -2.06. The van der Waals surface area contributed by atoms with Gasteiger partial charge < -0.3 is 0 Å². The predicted octanol–water partition coefficient (Wildman–Crippen LogP) is 3.75. The summed E-state index contributed by atoms with van der Waals surface area (Å²) in [7, 11) is -2.33. The van der Waals surface area contributed by atoms with Crippen LogP contribution in [0.2, 0.25) is 5.28 Å². The fourth-order valence-corrected chi connectivity index (χ4v) is 3.46. The van der Waals surface area contributed by atoms with Gasteiger partial charge in [0.2, 0.25) is 5.28 Å². The largest absolute Gasteiger partial charge is 0.282 e. The monoisotopic (exact) mass is 367 g/mol. The second-order valence-electron chi connectivity index (χ2n) is 5.02. The molecule has 3 aromatic rings. The molecule has 0 spiro atoms. The van der Waals surface area contributed by atoms with Crippen LogP contribution < -0.4 is 0 Å². The van der Waals surface area contributed by atoms with Crippen LogP contribution in [0, 0.1) is 5.82 Å². The van der Waals surface area contributed by atoms with Gasteiger partial charge >= 0.3 is 0 Å². The second-order valence-corrected chi connectivity index (χ2v) is 8.24. The van der Waals surface area contributed by atoms with Gasteiger partial charge in [-0.05, 0) is 23.7 Å². The van der Waals surface area contributed by atoms with Gasteiger partial charge in [-0.25, -0.2) is 18.6 Å². The van der Waals surface area contributed by atoms with Crippen molar-refractivity contribution < 1.29 is 8.60 Å². The first kappa shape index (κ1) is 16.8. The molecule has 0 aliphatic rings. The maximum atomic E-state index is 14.1. The minimum Gasteiger partial charge on any atom is -0.282 e. The SMILES string of the molecule is CCS(=O)(CC)=Nc1cccc(-n2cc(F)c3cnc(Cl)nc32)n1. The van der Waals surface area contributed by atoms with Gasteiger partial charge in [-0.3, -0.25) is 4.57 Å². The Morgan fingerprint density at radius 1 is 1.29 bits per heavy atom. The van der Waals surface area contributed by atoms with Gasteiger partial charge in [0.25, 0.3) is 0 Å². The minimum atomic E-state index is -2.33. The molecular formula is C15H15ClFN5OS. The van der Waals surface area contributed by atoms with Crippen LogP contribution in [0.4, 0.5) is 10.2 Å². The molecule has 0 bridgehead atoms. The quantitative estimate of drug-likeness (QED) is 0.658. The van der Waals surface area contributed by atoms with E-state index in [9.17, 15) is 8.60 Å². The topological polar surface area (TPSA) is 73.0 Å². The van der Waals surface area contributed by atoms with Crippen LogP contribution in [0.25, 0.3) is 16.9 Å². The zero-order valence-corrected chi connectivity index (χ0v) is 14.7. The Kier molecular flexibility index (Phi) is 4.51. The Balaban J connectivity index is 2.17. The summed E-state index contributed by atoms with van der Waals surface area (Å²) in [5.41, 5.74) is 0.309. The zero-order valence-electron chi connectivity index (χ0n) is 13.1. The van der Waals surface area contributed by atoms with E-state index in [0.717, 1.165) is 0 Å². The van der Waals surface area contributed by atoms with E-state index in [2.05, 4.69) is 19.3 Å². The van der Waals surface area contributed by atoms with Gasteiger partial charge in [0.15, 0.2) is 17.3 Å². The first-order valence-corrected chi connectivity index (χ1v) is 9.58. The van der Waals surface area contributed by atoms with Crippen molar-refractivity contribution in [2.45, 2.75) is 13.8 Å². The first-order valence-electron chi connectivity index (χ1n) is 7.35. The minimum absolute atomic E-state index is 0.0164. The molecule has 3 aromatic heterocycles. The molecular weight excluding hydrogens is 353 g/mol. The van der Waals surface area contributed by atoms with Crippen molar-refractivity contribution in [1.82, 2.24) is 19.5 Å². The van der Waals surface area contributed by atoms with Gasteiger partial charge in [0.1, 0.15) is 5.82 Å². The summed E-state index contributed by atoms with van der Waals surface area (Å²) in [6, 6.07) is 5.07. The van der Waals surface area contributed by atoms with E-state index in [-0.39, 0.29) is 10.7 Å². The van der Waals surface area contributed by atoms with Crippen LogP contribution in [-0.2, 0) is 9.73 Å². The number of nitrogens with zero attached hydrogens (tertiary/aromatic N) is 5. The van der Waals surface area contributed by atoms with E-state index in [0.29, 0.717) is 28.8 Å². The van der Waals surface area contributed by atoms with E-state index in [1.54, 1.807) is 18.2 Å². The molecule has 0 N–H and O–H groups in total. The highest BCUT2D eigenvalue weighted by molar-refractivity contribution is 7.93. The van der Waals surface area contributed by atoms with Crippen molar-refractivity contribution in [3.05, 3.63) is 41.7 Å². The lowest BCUT2D eigenvalue weighted by Crippen LogP contribution is -2.05. The van der Waals surface area contributed by atoms with Gasteiger partial charge in [0, 0.05) is 23.9 Å². The third-order valence-corrected chi connectivity index (χ3v) is 6.10. The fraction of sp³-hybridized carbons (Fsp3) is 0.267. The molecule has 0 radical (unpaired) electrons. The average Bonchev–Trinajstić information content (AvgIpc) is 2.91. The number of hydrogen-bond acceptors (Lipinski definition) is 5. The van der Waals surface area contributed by atoms with Gasteiger partial charge in [-0.1, -0.05) is 19.9 Å². The van der Waals surface area contributed by atoms with Crippen LogP contribution in [-0.4, -0.2) is 35.2 Å². The molecule has 0 saturated heterocycles. The van der Waals surface area contributed by atoms with Crippen molar-refractivity contribution in [1.29, 1.82) is 0 Å². The lowest BCUT2D eigenvalue weighted by atomic mass is 10.4. The molecule has 0 aliphatic heterocycles. The Labute approximate surface area is 143 Å². The number of halogens is 2. The molecule has 0 unspecified atom stereocenters. The number of hydrogen-bond donors (Lipinski definition) is 0. The Morgan fingerprint density at radius 3 is 2.75 bits per heavy atom. The smallest absolute Gasteiger partial charge is 0.224 e. The molecule has 24 heavy (non-hydrogen) atoms. The molecule has 0 fully saturated rings. The van der Waals surface area contributed by atoms with Crippen LogP contribution in [0.15, 0.2) is 35.0 Å². The van der Waals surface area contributed by atoms with E-state index >= 15 is 0 Å². The van der Waals surface area contributed by atoms with Crippen LogP contribution in [0.5, 0.6) is 0 Å². The zero-order chi connectivity index (χ0) is 17.3. The molecule has 6 nitrogen and oxygen atoms in total. The van der Waals surface area contributed by atoms with Crippen LogP contribution >= 0.6 is 11.6 Å². The van der Waals surface area contributed by atoms with Crippen molar-refractivity contribution in [3.63, 3.8) is 0 Å². The van der Waals surface area contributed by atoms with Gasteiger partial charge in [-0.15, -0.1) is 0 Å². The Hall–Kier alpha value is -2.06. The summed E-state index contributed by atoms with van der Waals surface area (Å²) in [5, 5.41) is 0.261. The molecule has 3 heterocycles. The summed E-state index contributed by atoms with van der Waals surface area (Å²) in [4.78, 5) is 12.2. The van der Waals surface area contributed by atoms with Gasteiger partial charge in [-0.2, -0.15) is 9.35 Å². The third-order valence-electron chi connectivity index (χ3n) is 3.60. The van der Waals surface area contributed by atoms with Crippen molar-refractivity contribution in [2.24, 2.45) is 4.36 Å². The number of aromatic nitrogens is 4. The van der Waals surface area contributed by atoms with E-state index in [1.807, 2.05) is 13.8 Å². The van der Waals surface area contributed by atoms with E-state index < -0.39 is 15.5 Å². The lowest BCUT2D eigenvalue weighted by molar-refractivity contribution is 0.635. The average molecular weight is 368 g/mol. The number of fused-ring (bicyclic) bond motifs is 1. The summed E-state index contributed by atoms with van der Waals surface area (Å²) in [6.07, 6.45) is 2.59. The second kappa shape index (κ2) is 6.45. The molecule has 0 atom stereocenters. The normalized spacial score (nSPS) is 11.8. The van der Waals surface area contributed by atoms with Crippen molar-refractivity contribution >= 4 is 38.2 Å². The highest BCUT2D eigenvalue weighted by Crippen LogP contribution is 2.23. The summed E-state index contributed by atoms with van der Waals surface area (Å²) in [6.45, 7) is 3.65. The van der Waals surface area contributed by atoms with Crippen LogP contribution in [0.1, 0.15) is 13.8 Å². The first-order chi connectivity index (χ1) is 11.5. The molecule has 0 aromatic carbocycles. The summed E-state index contributed by atoms with van der Waals surface area (Å²) >= 11 is 5.81. The van der Waals surface area contributed by atoms with Crippen molar-refractivity contribution in [3.8, 4) is 5.82 Å². The molecule has 0 amide bonds. The van der Waals surface area contributed by atoms with E-state index in [4.69, 9.17) is 11.6 Å². The maximum Gasteiger partial charge on any atom is 0.224 e. The molecule has 126 valence electrons. The van der Waals surface area contributed by atoms with E-state index in [1.165, 1.54) is 17.0 Å². The molecule has 9 heteroatoms. The third kappa shape index (κ3) is 3.11. The summed E-state index contributed by atoms with van der Waals surface area (Å²) in [5.74, 6) is 1.16. The number of pyridine rings is 1. The molecule has 3 rings (SSSR count). The Morgan fingerprint density at radius 2 is 2.04 bits per heavy atom. The van der Waals surface area contributed by atoms with Gasteiger partial charge in [0.05, 0.1) is 15.1 Å². The van der Waals surface area contributed by atoms with Crippen LogP contribution in [0.3, 0.4) is 0 Å². The number of rotatable bonds is 4. The standard InChI is InChI=1S/C15H15ClFN5OS/c1-3-24(23,4-2)21-12-6-5-7-13(19-12)22-9-11(17)10-8-18-15(16)20-14(10)22/h5-9H,3-4H2,1-2H3. The molecule has 0 aliphatic carbocycles. The fourth-order valence-electron chi connectivity index (χ4n) is 2.22. The maximum absolute atomic E-state index is 14.1. The summed E-state index contributed by atoms with van der Waals surface area (Å²) < 4.78 is 32.3. The van der Waals surface area contributed by atoms with Crippen molar-refractivity contribution in [2.75, 3.05) is 11.5 Å².